The number of nitrogens with zero attached hydrogens (tertiary/aromatic N) is 1. The van der Waals surface area contributed by atoms with Crippen LogP contribution < -0.4 is 5.73 Å². The smallest absolute Gasteiger partial charge is 0.0958 e. The van der Waals surface area contributed by atoms with Gasteiger partial charge in [0.05, 0.1) is 6.10 Å². The van der Waals surface area contributed by atoms with Crippen LogP contribution in [0.5, 0.6) is 0 Å². The second-order valence-electron chi connectivity index (χ2n) is 3.55. The Morgan fingerprint density at radius 3 is 2.62 bits per heavy atom. The molecule has 0 bridgehead atoms. The minimum atomic E-state index is -0.617. The van der Waals surface area contributed by atoms with Gasteiger partial charge in [0.15, 0.2) is 0 Å². The molecule has 1 aromatic rings. The Bertz CT molecular complexity index is 248. The lowest BCUT2D eigenvalue weighted by Gasteiger charge is -2.21. The number of hydrogen-bond donors (Lipinski definition) is 2. The molecule has 1 heterocycles. The molecule has 3 nitrogen and oxygen atoms in total. The molecule has 0 aliphatic carbocycles. The van der Waals surface area contributed by atoms with Crippen molar-refractivity contribution in [2.24, 2.45) is 11.7 Å². The third-order valence-corrected chi connectivity index (χ3v) is 2.16. The van der Waals surface area contributed by atoms with Gasteiger partial charge >= 0.3 is 0 Å². The van der Waals surface area contributed by atoms with Gasteiger partial charge in [-0.2, -0.15) is 0 Å². The predicted molar refractivity (Wildman–Crippen MR) is 52.0 cm³/mol. The first-order chi connectivity index (χ1) is 6.13. The number of pyridine rings is 1. The summed E-state index contributed by atoms with van der Waals surface area (Å²) in [6, 6.07) is 3.40. The lowest BCUT2D eigenvalue weighted by molar-refractivity contribution is 0.125. The highest BCUT2D eigenvalue weighted by atomic mass is 16.3. The highest BCUT2D eigenvalue weighted by Gasteiger charge is 2.19. The van der Waals surface area contributed by atoms with Crippen molar-refractivity contribution in [1.29, 1.82) is 0 Å². The normalized spacial score (nSPS) is 15.8. The summed E-state index contributed by atoms with van der Waals surface area (Å²) in [7, 11) is 0. The summed E-state index contributed by atoms with van der Waals surface area (Å²) in [5, 5.41) is 9.79. The average molecular weight is 180 g/mol. The van der Waals surface area contributed by atoms with Crippen LogP contribution in [0.15, 0.2) is 24.5 Å². The van der Waals surface area contributed by atoms with E-state index in [2.05, 4.69) is 4.98 Å². The van der Waals surface area contributed by atoms with E-state index >= 15 is 0 Å². The van der Waals surface area contributed by atoms with Gasteiger partial charge in [0, 0.05) is 24.0 Å². The van der Waals surface area contributed by atoms with Crippen molar-refractivity contribution in [2.75, 3.05) is 0 Å². The molecule has 0 aliphatic heterocycles. The molecule has 0 fully saturated rings. The van der Waals surface area contributed by atoms with Gasteiger partial charge in [-0.25, -0.2) is 0 Å². The number of aliphatic hydroxyl groups is 1. The molecule has 0 saturated heterocycles. The Kier molecular flexibility index (Phi) is 3.39. The van der Waals surface area contributed by atoms with E-state index in [1.54, 1.807) is 18.5 Å². The molecule has 0 saturated carbocycles. The molecule has 0 radical (unpaired) electrons. The molecule has 72 valence electrons. The van der Waals surface area contributed by atoms with Crippen molar-refractivity contribution in [3.63, 3.8) is 0 Å². The van der Waals surface area contributed by atoms with Gasteiger partial charge in [-0.05, 0) is 12.0 Å². The summed E-state index contributed by atoms with van der Waals surface area (Å²) in [5.41, 5.74) is 6.60. The maximum Gasteiger partial charge on any atom is 0.0958 e. The lowest BCUT2D eigenvalue weighted by atomic mass is 9.95. The quantitative estimate of drug-likeness (QED) is 0.732. The van der Waals surface area contributed by atoms with Crippen molar-refractivity contribution >= 4 is 0 Å². The fraction of sp³-hybridized carbons (Fsp3) is 0.500. The molecule has 0 amide bonds. The summed E-state index contributed by atoms with van der Waals surface area (Å²) in [6.45, 7) is 3.98. The van der Waals surface area contributed by atoms with Gasteiger partial charge in [0.2, 0.25) is 0 Å². The van der Waals surface area contributed by atoms with Crippen LogP contribution in [0.1, 0.15) is 25.5 Å². The molecular formula is C10H16N2O. The number of rotatable bonds is 3. The SMILES string of the molecule is CC(C)C(N)C(O)c1cccnc1. The van der Waals surface area contributed by atoms with E-state index in [-0.39, 0.29) is 12.0 Å². The van der Waals surface area contributed by atoms with Crippen molar-refractivity contribution < 1.29 is 5.11 Å². The Morgan fingerprint density at radius 2 is 2.15 bits per heavy atom. The van der Waals surface area contributed by atoms with Crippen LogP contribution in [0, 0.1) is 5.92 Å². The van der Waals surface area contributed by atoms with Crippen LogP contribution in [0.2, 0.25) is 0 Å². The second kappa shape index (κ2) is 4.35. The molecule has 2 unspecified atom stereocenters. The summed E-state index contributed by atoms with van der Waals surface area (Å²) in [5.74, 6) is 0.259. The number of nitrogens with two attached hydrogens (primary N) is 1. The molecule has 3 N–H and O–H groups in total. The van der Waals surface area contributed by atoms with Gasteiger partial charge in [0.25, 0.3) is 0 Å². The number of aromatic nitrogens is 1. The molecule has 2 atom stereocenters. The van der Waals surface area contributed by atoms with E-state index in [4.69, 9.17) is 5.73 Å². The van der Waals surface area contributed by atoms with Crippen LogP contribution in [-0.2, 0) is 0 Å². The monoisotopic (exact) mass is 180 g/mol. The molecule has 1 aromatic heterocycles. The first-order valence-electron chi connectivity index (χ1n) is 4.46. The molecular weight excluding hydrogens is 164 g/mol. The first kappa shape index (κ1) is 10.2. The van der Waals surface area contributed by atoms with Crippen LogP contribution in [0.25, 0.3) is 0 Å². The number of aliphatic hydroxyl groups excluding tert-OH is 1. The summed E-state index contributed by atoms with van der Waals surface area (Å²) in [4.78, 5) is 3.93. The summed E-state index contributed by atoms with van der Waals surface area (Å²) >= 11 is 0. The second-order valence-corrected chi connectivity index (χ2v) is 3.55. The highest BCUT2D eigenvalue weighted by molar-refractivity contribution is 5.13. The van der Waals surface area contributed by atoms with Gasteiger partial charge in [-0.3, -0.25) is 4.98 Å². The topological polar surface area (TPSA) is 59.1 Å². The number of hydrogen-bond acceptors (Lipinski definition) is 3. The van der Waals surface area contributed by atoms with Gasteiger partial charge in [0.1, 0.15) is 0 Å². The van der Waals surface area contributed by atoms with Crippen LogP contribution >= 0.6 is 0 Å². The summed E-state index contributed by atoms with van der Waals surface area (Å²) in [6.07, 6.45) is 2.71. The largest absolute Gasteiger partial charge is 0.387 e. The standard InChI is InChI=1S/C10H16N2O/c1-7(2)9(11)10(13)8-4-3-5-12-6-8/h3-7,9-10,13H,11H2,1-2H3. The Balaban J connectivity index is 2.73. The molecule has 0 aliphatic rings. The third kappa shape index (κ3) is 2.50. The maximum atomic E-state index is 9.79. The maximum absolute atomic E-state index is 9.79. The van der Waals surface area contributed by atoms with E-state index in [9.17, 15) is 5.11 Å². The Morgan fingerprint density at radius 1 is 1.46 bits per heavy atom. The van der Waals surface area contributed by atoms with Crippen molar-refractivity contribution in [2.45, 2.75) is 26.0 Å². The molecule has 0 aromatic carbocycles. The first-order valence-corrected chi connectivity index (χ1v) is 4.46. The van der Waals surface area contributed by atoms with E-state index < -0.39 is 6.10 Å². The Labute approximate surface area is 78.6 Å². The minimum absolute atomic E-state index is 0.232. The van der Waals surface area contributed by atoms with Gasteiger partial charge < -0.3 is 10.8 Å². The minimum Gasteiger partial charge on any atom is -0.387 e. The third-order valence-electron chi connectivity index (χ3n) is 2.16. The van der Waals surface area contributed by atoms with Gasteiger partial charge in [-0.1, -0.05) is 19.9 Å². The lowest BCUT2D eigenvalue weighted by Crippen LogP contribution is -2.33. The van der Waals surface area contributed by atoms with E-state index in [0.717, 1.165) is 5.56 Å². The van der Waals surface area contributed by atoms with Crippen molar-refractivity contribution in [3.8, 4) is 0 Å². The van der Waals surface area contributed by atoms with Crippen LogP contribution in [0.4, 0.5) is 0 Å². The van der Waals surface area contributed by atoms with Gasteiger partial charge in [-0.15, -0.1) is 0 Å². The highest BCUT2D eigenvalue weighted by Crippen LogP contribution is 2.18. The van der Waals surface area contributed by atoms with Crippen LogP contribution in [-0.4, -0.2) is 16.1 Å². The van der Waals surface area contributed by atoms with E-state index in [1.165, 1.54) is 0 Å². The van der Waals surface area contributed by atoms with Crippen molar-refractivity contribution in [3.05, 3.63) is 30.1 Å². The molecule has 13 heavy (non-hydrogen) atoms. The van der Waals surface area contributed by atoms with E-state index in [1.807, 2.05) is 19.9 Å². The zero-order chi connectivity index (χ0) is 9.84. The zero-order valence-electron chi connectivity index (χ0n) is 8.01. The predicted octanol–water partition coefficient (Wildman–Crippen LogP) is 1.10. The fourth-order valence-corrected chi connectivity index (χ4v) is 1.14. The van der Waals surface area contributed by atoms with E-state index in [0.29, 0.717) is 0 Å². The molecule has 0 spiro atoms. The van der Waals surface area contributed by atoms with Crippen LogP contribution in [0.3, 0.4) is 0 Å². The molecule has 1 rings (SSSR count). The average Bonchev–Trinajstić information content (AvgIpc) is 2.17. The zero-order valence-corrected chi connectivity index (χ0v) is 8.01. The molecule has 3 heteroatoms. The fourth-order valence-electron chi connectivity index (χ4n) is 1.14. The summed E-state index contributed by atoms with van der Waals surface area (Å²) < 4.78 is 0. The Hall–Kier alpha value is -0.930. The van der Waals surface area contributed by atoms with Crippen molar-refractivity contribution in [1.82, 2.24) is 4.98 Å².